The molecule has 0 saturated carbocycles. The van der Waals surface area contributed by atoms with Crippen molar-refractivity contribution in [3.63, 3.8) is 0 Å². The van der Waals surface area contributed by atoms with Gasteiger partial charge in [-0.2, -0.15) is 0 Å². The third-order valence-electron chi connectivity index (χ3n) is 2.62. The van der Waals surface area contributed by atoms with Crippen molar-refractivity contribution in [3.05, 3.63) is 29.6 Å². The van der Waals surface area contributed by atoms with Crippen LogP contribution in [-0.4, -0.2) is 12.0 Å². The second-order valence-corrected chi connectivity index (χ2v) is 3.51. The van der Waals surface area contributed by atoms with E-state index in [2.05, 4.69) is 29.2 Å². The minimum Gasteiger partial charge on any atom is -0.313 e. The fourth-order valence-electron chi connectivity index (χ4n) is 1.76. The quantitative estimate of drug-likeness (QED) is 0.741. The van der Waals surface area contributed by atoms with E-state index in [0.717, 1.165) is 19.3 Å². The number of nitrogens with one attached hydrogen (secondary N) is 1. The van der Waals surface area contributed by atoms with Crippen molar-refractivity contribution in [3.8, 4) is 12.3 Å². The highest BCUT2D eigenvalue weighted by molar-refractivity contribution is 5.26. The molecule has 1 atom stereocenters. The molecule has 0 aliphatic heterocycles. The molecule has 1 heterocycles. The van der Waals surface area contributed by atoms with Crippen LogP contribution in [0.3, 0.4) is 0 Å². The SMILES string of the molecule is C#CCCC(NC)c1ccncc1CC. The summed E-state index contributed by atoms with van der Waals surface area (Å²) < 4.78 is 0. The van der Waals surface area contributed by atoms with Crippen LogP contribution < -0.4 is 5.32 Å². The molecule has 2 nitrogen and oxygen atoms in total. The molecule has 0 amide bonds. The molecular weight excluding hydrogens is 184 g/mol. The molecule has 15 heavy (non-hydrogen) atoms. The molecule has 1 aromatic heterocycles. The van der Waals surface area contributed by atoms with Gasteiger partial charge < -0.3 is 5.32 Å². The monoisotopic (exact) mass is 202 g/mol. The second kappa shape index (κ2) is 6.21. The van der Waals surface area contributed by atoms with E-state index in [4.69, 9.17) is 6.42 Å². The van der Waals surface area contributed by atoms with E-state index in [-0.39, 0.29) is 0 Å². The molecule has 1 unspecified atom stereocenters. The Morgan fingerprint density at radius 2 is 2.40 bits per heavy atom. The Bertz CT molecular complexity index is 339. The lowest BCUT2D eigenvalue weighted by molar-refractivity contribution is 0.553. The summed E-state index contributed by atoms with van der Waals surface area (Å²) in [5.41, 5.74) is 2.62. The lowest BCUT2D eigenvalue weighted by Gasteiger charge is -2.18. The van der Waals surface area contributed by atoms with E-state index in [0.29, 0.717) is 6.04 Å². The van der Waals surface area contributed by atoms with E-state index >= 15 is 0 Å². The third kappa shape index (κ3) is 3.07. The van der Waals surface area contributed by atoms with Crippen LogP contribution in [0.25, 0.3) is 0 Å². The fourth-order valence-corrected chi connectivity index (χ4v) is 1.76. The van der Waals surface area contributed by atoms with Crippen LogP contribution in [0, 0.1) is 12.3 Å². The van der Waals surface area contributed by atoms with Crippen LogP contribution in [0.5, 0.6) is 0 Å². The maximum Gasteiger partial charge on any atom is 0.0330 e. The van der Waals surface area contributed by atoms with Gasteiger partial charge in [0.2, 0.25) is 0 Å². The highest BCUT2D eigenvalue weighted by Crippen LogP contribution is 2.21. The summed E-state index contributed by atoms with van der Waals surface area (Å²) in [4.78, 5) is 4.15. The number of hydrogen-bond acceptors (Lipinski definition) is 2. The molecule has 0 aromatic carbocycles. The van der Waals surface area contributed by atoms with E-state index in [9.17, 15) is 0 Å². The maximum atomic E-state index is 5.29. The highest BCUT2D eigenvalue weighted by Gasteiger charge is 2.11. The molecule has 0 aliphatic rings. The zero-order valence-electron chi connectivity index (χ0n) is 9.46. The minimum atomic E-state index is 0.346. The molecule has 0 aliphatic carbocycles. The Hall–Kier alpha value is -1.33. The summed E-state index contributed by atoms with van der Waals surface area (Å²) in [5, 5.41) is 3.30. The average Bonchev–Trinajstić information content (AvgIpc) is 2.30. The highest BCUT2D eigenvalue weighted by atomic mass is 14.9. The van der Waals surface area contributed by atoms with E-state index in [1.54, 1.807) is 0 Å². The average molecular weight is 202 g/mol. The van der Waals surface area contributed by atoms with Crippen LogP contribution in [-0.2, 0) is 6.42 Å². The summed E-state index contributed by atoms with van der Waals surface area (Å²) in [5.74, 6) is 2.68. The van der Waals surface area contributed by atoms with E-state index < -0.39 is 0 Å². The predicted molar refractivity (Wildman–Crippen MR) is 63.5 cm³/mol. The lowest BCUT2D eigenvalue weighted by Crippen LogP contribution is -2.17. The van der Waals surface area contributed by atoms with Crippen LogP contribution in [0.15, 0.2) is 18.5 Å². The Kier molecular flexibility index (Phi) is 4.86. The molecule has 0 radical (unpaired) electrons. The first kappa shape index (κ1) is 11.7. The first-order chi connectivity index (χ1) is 7.33. The molecular formula is C13H18N2. The van der Waals surface area contributed by atoms with Crippen LogP contribution in [0.4, 0.5) is 0 Å². The van der Waals surface area contributed by atoms with Gasteiger partial charge in [0.05, 0.1) is 0 Å². The van der Waals surface area contributed by atoms with Gasteiger partial charge >= 0.3 is 0 Å². The van der Waals surface area contributed by atoms with Crippen molar-refractivity contribution in [1.29, 1.82) is 0 Å². The van der Waals surface area contributed by atoms with Crippen molar-refractivity contribution >= 4 is 0 Å². The van der Waals surface area contributed by atoms with Crippen molar-refractivity contribution < 1.29 is 0 Å². The van der Waals surface area contributed by atoms with Crippen molar-refractivity contribution in [2.75, 3.05) is 7.05 Å². The van der Waals surface area contributed by atoms with Gasteiger partial charge in [-0.25, -0.2) is 0 Å². The molecule has 2 heteroatoms. The third-order valence-corrected chi connectivity index (χ3v) is 2.62. The largest absolute Gasteiger partial charge is 0.313 e. The predicted octanol–water partition coefficient (Wildman–Crippen LogP) is 2.32. The Labute approximate surface area is 92.1 Å². The standard InChI is InChI=1S/C13H18N2/c1-4-6-7-13(14-3)12-8-9-15-10-11(12)5-2/h1,8-10,13-14H,5-7H2,2-3H3. The van der Waals surface area contributed by atoms with Gasteiger partial charge in [0.15, 0.2) is 0 Å². The van der Waals surface area contributed by atoms with Crippen LogP contribution in [0.1, 0.15) is 36.9 Å². The summed E-state index contributed by atoms with van der Waals surface area (Å²) in [6.45, 7) is 2.15. The summed E-state index contributed by atoms with van der Waals surface area (Å²) >= 11 is 0. The first-order valence-corrected chi connectivity index (χ1v) is 5.37. The molecule has 0 bridgehead atoms. The van der Waals surface area contributed by atoms with Gasteiger partial charge in [-0.15, -0.1) is 12.3 Å². The topological polar surface area (TPSA) is 24.9 Å². The van der Waals surface area contributed by atoms with Gasteiger partial charge in [-0.1, -0.05) is 6.92 Å². The fraction of sp³-hybridized carbons (Fsp3) is 0.462. The van der Waals surface area contributed by atoms with Gasteiger partial charge in [-0.05, 0) is 37.1 Å². The number of aromatic nitrogens is 1. The second-order valence-electron chi connectivity index (χ2n) is 3.51. The van der Waals surface area contributed by atoms with Gasteiger partial charge in [0, 0.05) is 24.9 Å². The van der Waals surface area contributed by atoms with Gasteiger partial charge in [0.25, 0.3) is 0 Å². The van der Waals surface area contributed by atoms with E-state index in [1.165, 1.54) is 11.1 Å². The molecule has 0 spiro atoms. The van der Waals surface area contributed by atoms with Crippen LogP contribution in [0.2, 0.25) is 0 Å². The molecule has 1 aromatic rings. The molecule has 1 N–H and O–H groups in total. The van der Waals surface area contributed by atoms with Gasteiger partial charge in [-0.3, -0.25) is 4.98 Å². The molecule has 80 valence electrons. The Morgan fingerprint density at radius 3 is 3.00 bits per heavy atom. The maximum absolute atomic E-state index is 5.29. The summed E-state index contributed by atoms with van der Waals surface area (Å²) in [6.07, 6.45) is 11.9. The Morgan fingerprint density at radius 1 is 1.60 bits per heavy atom. The van der Waals surface area contributed by atoms with E-state index in [1.807, 2.05) is 19.4 Å². The number of pyridine rings is 1. The first-order valence-electron chi connectivity index (χ1n) is 5.37. The van der Waals surface area contributed by atoms with Crippen molar-refractivity contribution in [2.45, 2.75) is 32.2 Å². The zero-order valence-corrected chi connectivity index (χ0v) is 9.46. The number of aryl methyl sites for hydroxylation is 1. The number of rotatable bonds is 5. The smallest absolute Gasteiger partial charge is 0.0330 e. The lowest BCUT2D eigenvalue weighted by atomic mass is 9.97. The van der Waals surface area contributed by atoms with Crippen molar-refractivity contribution in [1.82, 2.24) is 10.3 Å². The number of nitrogens with zero attached hydrogens (tertiary/aromatic N) is 1. The number of terminal acetylenes is 1. The van der Waals surface area contributed by atoms with Gasteiger partial charge in [0.1, 0.15) is 0 Å². The molecule has 1 rings (SSSR count). The number of hydrogen-bond donors (Lipinski definition) is 1. The molecule has 0 saturated heterocycles. The van der Waals surface area contributed by atoms with Crippen LogP contribution >= 0.6 is 0 Å². The summed E-state index contributed by atoms with van der Waals surface area (Å²) in [6, 6.07) is 2.43. The minimum absolute atomic E-state index is 0.346. The zero-order chi connectivity index (χ0) is 11.1. The normalized spacial score (nSPS) is 12.1. The summed E-state index contributed by atoms with van der Waals surface area (Å²) in [7, 11) is 1.97. The van der Waals surface area contributed by atoms with Crippen molar-refractivity contribution in [2.24, 2.45) is 0 Å². The Balaban J connectivity index is 2.86. The molecule has 0 fully saturated rings.